The number of benzene rings is 1. The van der Waals surface area contributed by atoms with Crippen molar-refractivity contribution in [3.63, 3.8) is 0 Å². The number of hydrogen-bond donors (Lipinski definition) is 0. The molecule has 0 heterocycles. The van der Waals surface area contributed by atoms with E-state index in [0.29, 0.717) is 0 Å². The molecule has 1 unspecified atom stereocenters. The first kappa shape index (κ1) is 9.45. The van der Waals surface area contributed by atoms with Crippen molar-refractivity contribution in [1.29, 1.82) is 0 Å². The van der Waals surface area contributed by atoms with E-state index < -0.39 is 0 Å². The highest BCUT2D eigenvalue weighted by atomic mass is 14.3. The maximum Gasteiger partial charge on any atom is -0.00840 e. The van der Waals surface area contributed by atoms with Gasteiger partial charge in [0.05, 0.1) is 0 Å². The van der Waals surface area contributed by atoms with E-state index in [1.54, 1.807) is 5.56 Å². The summed E-state index contributed by atoms with van der Waals surface area (Å²) in [4.78, 5) is 0. The summed E-state index contributed by atoms with van der Waals surface area (Å²) in [5, 5.41) is 0. The summed E-state index contributed by atoms with van der Waals surface area (Å²) in [6.45, 7) is 0. The Morgan fingerprint density at radius 1 is 0.933 bits per heavy atom. The molecule has 0 saturated heterocycles. The molecule has 0 aromatic heterocycles. The van der Waals surface area contributed by atoms with Crippen LogP contribution in [0.5, 0.6) is 0 Å². The molecule has 0 heteroatoms. The first-order chi connectivity index (χ1) is 7.45. The van der Waals surface area contributed by atoms with Gasteiger partial charge in [-0.2, -0.15) is 0 Å². The highest BCUT2D eigenvalue weighted by molar-refractivity contribution is 5.41. The molecule has 1 aromatic carbocycles. The maximum absolute atomic E-state index is 2.44. The molecule has 15 heavy (non-hydrogen) atoms. The first-order valence-corrected chi connectivity index (χ1v) is 6.37. The highest BCUT2D eigenvalue weighted by Crippen LogP contribution is 2.44. The van der Waals surface area contributed by atoms with Crippen LogP contribution in [0.1, 0.15) is 55.6 Å². The normalized spacial score (nSPS) is 26.5. The van der Waals surface area contributed by atoms with Crippen LogP contribution in [0.3, 0.4) is 0 Å². The molecule has 2 aliphatic rings. The van der Waals surface area contributed by atoms with Crippen molar-refractivity contribution in [2.75, 3.05) is 0 Å². The topological polar surface area (TPSA) is 0 Å². The van der Waals surface area contributed by atoms with Gasteiger partial charge in [0.2, 0.25) is 0 Å². The summed E-state index contributed by atoms with van der Waals surface area (Å²) in [6, 6.07) is 8.99. The SMILES string of the molecule is [CH]1CC(C2CCCCC2)c2ccccc21. The van der Waals surface area contributed by atoms with Crippen LogP contribution in [0.15, 0.2) is 24.3 Å². The zero-order valence-corrected chi connectivity index (χ0v) is 9.28. The fraction of sp³-hybridized carbons (Fsp3) is 0.533. The predicted octanol–water partition coefficient (Wildman–Crippen LogP) is 4.31. The number of fused-ring (bicyclic) bond motifs is 1. The zero-order chi connectivity index (χ0) is 10.1. The van der Waals surface area contributed by atoms with Crippen molar-refractivity contribution < 1.29 is 0 Å². The van der Waals surface area contributed by atoms with Crippen molar-refractivity contribution >= 4 is 0 Å². The molecule has 2 aliphatic carbocycles. The second-order valence-corrected chi connectivity index (χ2v) is 5.07. The average Bonchev–Trinajstić information content (AvgIpc) is 2.74. The Bertz CT molecular complexity index is 334. The Labute approximate surface area is 92.7 Å². The maximum atomic E-state index is 2.44. The van der Waals surface area contributed by atoms with Gasteiger partial charge in [-0.15, -0.1) is 0 Å². The average molecular weight is 199 g/mol. The minimum absolute atomic E-state index is 0.849. The third kappa shape index (κ3) is 1.71. The van der Waals surface area contributed by atoms with E-state index in [1.165, 1.54) is 44.1 Å². The van der Waals surface area contributed by atoms with Crippen LogP contribution < -0.4 is 0 Å². The summed E-state index contributed by atoms with van der Waals surface area (Å²) < 4.78 is 0. The zero-order valence-electron chi connectivity index (χ0n) is 9.28. The van der Waals surface area contributed by atoms with Gasteiger partial charge >= 0.3 is 0 Å². The molecule has 1 saturated carbocycles. The van der Waals surface area contributed by atoms with E-state index in [0.717, 1.165) is 11.8 Å². The van der Waals surface area contributed by atoms with Crippen molar-refractivity contribution in [3.05, 3.63) is 41.8 Å². The van der Waals surface area contributed by atoms with Gasteiger partial charge in [-0.25, -0.2) is 0 Å². The minimum atomic E-state index is 0.849. The fourth-order valence-corrected chi connectivity index (χ4v) is 3.40. The van der Waals surface area contributed by atoms with Gasteiger partial charge in [0, 0.05) is 0 Å². The molecule has 0 N–H and O–H groups in total. The lowest BCUT2D eigenvalue weighted by molar-refractivity contribution is 0.308. The molecular weight excluding hydrogens is 180 g/mol. The standard InChI is InChI=1S/C15H19/c1-2-6-12(7-3-1)15-11-10-13-8-4-5-9-14(13)15/h4-5,8-10,12,15H,1-3,6-7,11H2. The van der Waals surface area contributed by atoms with E-state index >= 15 is 0 Å². The lowest BCUT2D eigenvalue weighted by Gasteiger charge is -2.28. The van der Waals surface area contributed by atoms with Crippen LogP contribution in [-0.2, 0) is 0 Å². The molecule has 0 bridgehead atoms. The first-order valence-electron chi connectivity index (χ1n) is 6.37. The van der Waals surface area contributed by atoms with Crippen molar-refractivity contribution in [2.24, 2.45) is 5.92 Å². The van der Waals surface area contributed by atoms with Gasteiger partial charge in [-0.3, -0.25) is 0 Å². The third-order valence-corrected chi connectivity index (χ3v) is 4.21. The molecule has 0 spiro atoms. The summed E-state index contributed by atoms with van der Waals surface area (Å²) in [5.41, 5.74) is 3.14. The lowest BCUT2D eigenvalue weighted by atomic mass is 9.77. The fourth-order valence-electron chi connectivity index (χ4n) is 3.40. The van der Waals surface area contributed by atoms with E-state index in [-0.39, 0.29) is 0 Å². The van der Waals surface area contributed by atoms with E-state index in [2.05, 4.69) is 30.7 Å². The van der Waals surface area contributed by atoms with Crippen LogP contribution in [0.2, 0.25) is 0 Å². The Morgan fingerprint density at radius 2 is 1.73 bits per heavy atom. The van der Waals surface area contributed by atoms with Crippen molar-refractivity contribution in [1.82, 2.24) is 0 Å². The molecule has 3 rings (SSSR count). The Balaban J connectivity index is 1.83. The molecule has 1 fully saturated rings. The van der Waals surface area contributed by atoms with E-state index in [9.17, 15) is 0 Å². The summed E-state index contributed by atoms with van der Waals surface area (Å²) in [6.07, 6.45) is 11.1. The molecule has 1 aromatic rings. The van der Waals surface area contributed by atoms with Crippen molar-refractivity contribution in [2.45, 2.75) is 44.4 Å². The molecule has 0 aliphatic heterocycles. The van der Waals surface area contributed by atoms with Crippen LogP contribution in [0.25, 0.3) is 0 Å². The second kappa shape index (κ2) is 4.00. The number of rotatable bonds is 1. The van der Waals surface area contributed by atoms with Gasteiger partial charge < -0.3 is 0 Å². The van der Waals surface area contributed by atoms with E-state index in [4.69, 9.17) is 0 Å². The van der Waals surface area contributed by atoms with Gasteiger partial charge in [0.25, 0.3) is 0 Å². The number of hydrogen-bond acceptors (Lipinski definition) is 0. The summed E-state index contributed by atoms with van der Waals surface area (Å²) >= 11 is 0. The monoisotopic (exact) mass is 199 g/mol. The van der Waals surface area contributed by atoms with Crippen LogP contribution >= 0.6 is 0 Å². The molecular formula is C15H19. The highest BCUT2D eigenvalue weighted by Gasteiger charge is 2.30. The van der Waals surface area contributed by atoms with Gasteiger partial charge in [-0.1, -0.05) is 43.5 Å². The minimum Gasteiger partial charge on any atom is -0.0620 e. The molecule has 1 atom stereocenters. The molecule has 0 nitrogen and oxygen atoms in total. The van der Waals surface area contributed by atoms with Gasteiger partial charge in [-0.05, 0) is 48.6 Å². The van der Waals surface area contributed by atoms with Crippen LogP contribution in [0, 0.1) is 12.3 Å². The molecule has 79 valence electrons. The Hall–Kier alpha value is -0.780. The van der Waals surface area contributed by atoms with Crippen molar-refractivity contribution in [3.8, 4) is 0 Å². The van der Waals surface area contributed by atoms with Gasteiger partial charge in [0.15, 0.2) is 0 Å². The molecule has 1 radical (unpaired) electrons. The summed E-state index contributed by atoms with van der Waals surface area (Å²) in [7, 11) is 0. The smallest absolute Gasteiger partial charge is 0.00840 e. The van der Waals surface area contributed by atoms with E-state index in [1.807, 2.05) is 0 Å². The van der Waals surface area contributed by atoms with Crippen LogP contribution in [-0.4, -0.2) is 0 Å². The third-order valence-electron chi connectivity index (χ3n) is 4.21. The Kier molecular flexibility index (Phi) is 2.52. The summed E-state index contributed by atoms with van der Waals surface area (Å²) in [5.74, 6) is 1.82. The molecule has 0 amide bonds. The lowest BCUT2D eigenvalue weighted by Crippen LogP contribution is -2.14. The van der Waals surface area contributed by atoms with Crippen LogP contribution in [0.4, 0.5) is 0 Å². The quantitative estimate of drug-likeness (QED) is 0.632. The predicted molar refractivity (Wildman–Crippen MR) is 63.8 cm³/mol. The van der Waals surface area contributed by atoms with Gasteiger partial charge in [0.1, 0.15) is 0 Å². The second-order valence-electron chi connectivity index (χ2n) is 5.07. The largest absolute Gasteiger partial charge is 0.0620 e. The Morgan fingerprint density at radius 3 is 2.60 bits per heavy atom.